The molecule has 3 rings (SSSR count). The molecule has 0 N–H and O–H groups in total. The molecule has 88 valence electrons. The average Bonchev–Trinajstić information content (AvgIpc) is 2.98. The van der Waals surface area contributed by atoms with E-state index in [4.69, 9.17) is 0 Å². The number of nitrogens with zero attached hydrogens (tertiary/aromatic N) is 3. The number of hydrogen-bond donors (Lipinski definition) is 0. The highest BCUT2D eigenvalue weighted by molar-refractivity contribution is 5.80. The van der Waals surface area contributed by atoms with Crippen molar-refractivity contribution in [3.63, 3.8) is 0 Å². The number of amides is 1. The van der Waals surface area contributed by atoms with Gasteiger partial charge in [-0.05, 0) is 25.0 Å². The summed E-state index contributed by atoms with van der Waals surface area (Å²) in [5, 5.41) is 0. The number of hydrogen-bond acceptors (Lipinski definition) is 2. The summed E-state index contributed by atoms with van der Waals surface area (Å²) in [6.45, 7) is 2.22. The SMILES string of the molecule is O=C(Cn1cnc2ccccc21)N1CCCC1. The van der Waals surface area contributed by atoms with E-state index in [1.54, 1.807) is 6.33 Å². The van der Waals surface area contributed by atoms with Crippen molar-refractivity contribution >= 4 is 16.9 Å². The highest BCUT2D eigenvalue weighted by atomic mass is 16.2. The molecule has 0 radical (unpaired) electrons. The third-order valence-corrected chi connectivity index (χ3v) is 3.29. The largest absolute Gasteiger partial charge is 0.341 e. The summed E-state index contributed by atoms with van der Waals surface area (Å²) >= 11 is 0. The second-order valence-electron chi connectivity index (χ2n) is 4.45. The van der Waals surface area contributed by atoms with E-state index in [2.05, 4.69) is 4.98 Å². The van der Waals surface area contributed by atoms with Gasteiger partial charge in [-0.3, -0.25) is 4.79 Å². The summed E-state index contributed by atoms with van der Waals surface area (Å²) in [4.78, 5) is 18.3. The Morgan fingerprint density at radius 3 is 2.82 bits per heavy atom. The second-order valence-corrected chi connectivity index (χ2v) is 4.45. The summed E-state index contributed by atoms with van der Waals surface area (Å²) in [5.74, 6) is 0.200. The zero-order valence-corrected chi connectivity index (χ0v) is 9.67. The lowest BCUT2D eigenvalue weighted by Crippen LogP contribution is -2.30. The monoisotopic (exact) mass is 229 g/mol. The summed E-state index contributed by atoms with van der Waals surface area (Å²) in [5.41, 5.74) is 1.97. The van der Waals surface area contributed by atoms with E-state index in [9.17, 15) is 4.79 Å². The van der Waals surface area contributed by atoms with E-state index in [-0.39, 0.29) is 5.91 Å². The number of imidazole rings is 1. The molecule has 1 saturated heterocycles. The maximum atomic E-state index is 12.0. The fourth-order valence-electron chi connectivity index (χ4n) is 2.35. The lowest BCUT2D eigenvalue weighted by Gasteiger charge is -2.15. The van der Waals surface area contributed by atoms with E-state index in [0.29, 0.717) is 6.54 Å². The third-order valence-electron chi connectivity index (χ3n) is 3.29. The second kappa shape index (κ2) is 4.20. The van der Waals surface area contributed by atoms with Gasteiger partial charge in [-0.2, -0.15) is 0 Å². The van der Waals surface area contributed by atoms with Gasteiger partial charge in [0.05, 0.1) is 17.4 Å². The van der Waals surface area contributed by atoms with Crippen LogP contribution < -0.4 is 0 Å². The number of carbonyl (C=O) groups is 1. The van der Waals surface area contributed by atoms with E-state index >= 15 is 0 Å². The van der Waals surface area contributed by atoms with E-state index < -0.39 is 0 Å². The van der Waals surface area contributed by atoms with Crippen LogP contribution in [0.3, 0.4) is 0 Å². The molecule has 2 aromatic rings. The Morgan fingerprint density at radius 2 is 2.00 bits per heavy atom. The number of likely N-dealkylation sites (tertiary alicyclic amines) is 1. The molecule has 0 bridgehead atoms. The van der Waals surface area contributed by atoms with Gasteiger partial charge in [0.15, 0.2) is 0 Å². The van der Waals surface area contributed by atoms with Crippen LogP contribution in [0.4, 0.5) is 0 Å². The van der Waals surface area contributed by atoms with Crippen LogP contribution in [0.25, 0.3) is 11.0 Å². The normalized spacial score (nSPS) is 15.6. The van der Waals surface area contributed by atoms with Crippen molar-refractivity contribution < 1.29 is 4.79 Å². The molecule has 2 heterocycles. The summed E-state index contributed by atoms with van der Waals surface area (Å²) in [7, 11) is 0. The Balaban J connectivity index is 1.82. The van der Waals surface area contributed by atoms with E-state index in [0.717, 1.165) is 37.0 Å². The number of rotatable bonds is 2. The van der Waals surface area contributed by atoms with Gasteiger partial charge in [-0.25, -0.2) is 4.98 Å². The minimum absolute atomic E-state index is 0.200. The standard InChI is InChI=1S/C13H15N3O/c17-13(15-7-3-4-8-15)9-16-10-14-11-5-1-2-6-12(11)16/h1-2,5-6,10H,3-4,7-9H2. The Labute approximate surface area is 99.9 Å². The Hall–Kier alpha value is -1.84. The molecule has 4 heteroatoms. The maximum absolute atomic E-state index is 12.0. The smallest absolute Gasteiger partial charge is 0.242 e. The fraction of sp³-hybridized carbons (Fsp3) is 0.385. The van der Waals surface area contributed by atoms with Gasteiger partial charge in [0.25, 0.3) is 0 Å². The molecule has 0 saturated carbocycles. The van der Waals surface area contributed by atoms with E-state index in [1.165, 1.54) is 0 Å². The minimum Gasteiger partial charge on any atom is -0.341 e. The van der Waals surface area contributed by atoms with Gasteiger partial charge in [0.1, 0.15) is 6.54 Å². The molecule has 1 aliphatic heterocycles. The first-order valence-electron chi connectivity index (χ1n) is 6.02. The first-order valence-corrected chi connectivity index (χ1v) is 6.02. The minimum atomic E-state index is 0.200. The highest BCUT2D eigenvalue weighted by Crippen LogP contribution is 2.13. The van der Waals surface area contributed by atoms with Crippen molar-refractivity contribution in [2.75, 3.05) is 13.1 Å². The summed E-state index contributed by atoms with van der Waals surface area (Å²) < 4.78 is 1.93. The Morgan fingerprint density at radius 1 is 1.24 bits per heavy atom. The number of benzene rings is 1. The fourth-order valence-corrected chi connectivity index (χ4v) is 2.35. The van der Waals surface area contributed by atoms with Crippen molar-refractivity contribution in [1.82, 2.24) is 14.5 Å². The first-order chi connectivity index (χ1) is 8.34. The van der Waals surface area contributed by atoms with Crippen molar-refractivity contribution in [1.29, 1.82) is 0 Å². The molecule has 4 nitrogen and oxygen atoms in total. The first kappa shape index (κ1) is 10.3. The lowest BCUT2D eigenvalue weighted by atomic mass is 10.3. The molecule has 17 heavy (non-hydrogen) atoms. The number of para-hydroxylation sites is 2. The Bertz CT molecular complexity index is 540. The number of carbonyl (C=O) groups excluding carboxylic acids is 1. The predicted molar refractivity (Wildman–Crippen MR) is 65.5 cm³/mol. The molecule has 0 atom stereocenters. The van der Waals surface area contributed by atoms with Crippen LogP contribution in [0.2, 0.25) is 0 Å². The molecular formula is C13H15N3O. The van der Waals surface area contributed by atoms with Crippen LogP contribution in [0.15, 0.2) is 30.6 Å². The molecular weight excluding hydrogens is 214 g/mol. The van der Waals surface area contributed by atoms with Gasteiger partial charge < -0.3 is 9.47 Å². The van der Waals surface area contributed by atoms with Crippen LogP contribution >= 0.6 is 0 Å². The maximum Gasteiger partial charge on any atom is 0.242 e. The van der Waals surface area contributed by atoms with Crippen molar-refractivity contribution in [3.05, 3.63) is 30.6 Å². The van der Waals surface area contributed by atoms with Gasteiger partial charge in [0.2, 0.25) is 5.91 Å². The van der Waals surface area contributed by atoms with Crippen LogP contribution in [0.1, 0.15) is 12.8 Å². The molecule has 1 aromatic carbocycles. The Kier molecular flexibility index (Phi) is 2.55. The third kappa shape index (κ3) is 1.90. The molecule has 1 aliphatic rings. The van der Waals surface area contributed by atoms with Gasteiger partial charge in [-0.15, -0.1) is 0 Å². The van der Waals surface area contributed by atoms with Crippen LogP contribution in [-0.4, -0.2) is 33.4 Å². The van der Waals surface area contributed by atoms with Gasteiger partial charge >= 0.3 is 0 Å². The van der Waals surface area contributed by atoms with Crippen molar-refractivity contribution in [3.8, 4) is 0 Å². The molecule has 0 spiro atoms. The molecule has 1 fully saturated rings. The topological polar surface area (TPSA) is 38.1 Å². The zero-order valence-electron chi connectivity index (χ0n) is 9.67. The molecule has 1 aromatic heterocycles. The molecule has 0 aliphatic carbocycles. The molecule has 1 amide bonds. The quantitative estimate of drug-likeness (QED) is 0.785. The zero-order chi connectivity index (χ0) is 11.7. The van der Waals surface area contributed by atoms with Crippen molar-refractivity contribution in [2.45, 2.75) is 19.4 Å². The van der Waals surface area contributed by atoms with Gasteiger partial charge in [-0.1, -0.05) is 12.1 Å². The van der Waals surface area contributed by atoms with E-state index in [1.807, 2.05) is 33.7 Å². The average molecular weight is 229 g/mol. The van der Waals surface area contributed by atoms with Crippen LogP contribution in [0.5, 0.6) is 0 Å². The summed E-state index contributed by atoms with van der Waals surface area (Å²) in [6, 6.07) is 7.90. The number of aromatic nitrogens is 2. The highest BCUT2D eigenvalue weighted by Gasteiger charge is 2.18. The van der Waals surface area contributed by atoms with Crippen molar-refractivity contribution in [2.24, 2.45) is 0 Å². The predicted octanol–water partition coefficient (Wildman–Crippen LogP) is 1.66. The summed E-state index contributed by atoms with van der Waals surface area (Å²) in [6.07, 6.45) is 4.02. The van der Waals surface area contributed by atoms with Gasteiger partial charge in [0, 0.05) is 13.1 Å². The lowest BCUT2D eigenvalue weighted by molar-refractivity contribution is -0.130. The van der Waals surface area contributed by atoms with Crippen LogP contribution in [-0.2, 0) is 11.3 Å². The number of fused-ring (bicyclic) bond motifs is 1. The molecule has 0 unspecified atom stereocenters. The van der Waals surface area contributed by atoms with Crippen LogP contribution in [0, 0.1) is 0 Å².